The molecule has 3 fully saturated rings. The summed E-state index contributed by atoms with van der Waals surface area (Å²) >= 11 is 6.48. The van der Waals surface area contributed by atoms with Gasteiger partial charge in [0.15, 0.2) is 6.61 Å². The first kappa shape index (κ1) is 31.7. The fourth-order valence-electron chi connectivity index (χ4n) is 7.37. The van der Waals surface area contributed by atoms with Gasteiger partial charge >= 0.3 is 0 Å². The van der Waals surface area contributed by atoms with Gasteiger partial charge in [-0.1, -0.05) is 17.7 Å². The van der Waals surface area contributed by atoms with Crippen molar-refractivity contribution in [2.45, 2.75) is 88.9 Å². The number of rotatable bonds is 12. The molecule has 14 nitrogen and oxygen atoms in total. The molecule has 4 aromatic heterocycles. The summed E-state index contributed by atoms with van der Waals surface area (Å²) in [7, 11) is 0. The first-order valence-electron chi connectivity index (χ1n) is 16.9. The van der Waals surface area contributed by atoms with E-state index in [1.807, 2.05) is 36.0 Å². The predicted octanol–water partition coefficient (Wildman–Crippen LogP) is 5.71. The van der Waals surface area contributed by atoms with E-state index in [4.69, 9.17) is 35.3 Å². The third-order valence-electron chi connectivity index (χ3n) is 9.67. The number of halogens is 1. The number of morpholine rings is 1. The van der Waals surface area contributed by atoms with Gasteiger partial charge in [0.2, 0.25) is 11.8 Å². The van der Waals surface area contributed by atoms with Crippen LogP contribution in [0.3, 0.4) is 0 Å². The van der Waals surface area contributed by atoms with E-state index < -0.39 is 0 Å². The summed E-state index contributed by atoms with van der Waals surface area (Å²) in [6.07, 6.45) is 18.5. The molecule has 1 aliphatic carbocycles. The molecule has 8 rings (SSSR count). The van der Waals surface area contributed by atoms with E-state index in [0.29, 0.717) is 58.8 Å². The minimum absolute atomic E-state index is 0.156. The van der Waals surface area contributed by atoms with Crippen LogP contribution in [0.5, 0.6) is 11.6 Å². The van der Waals surface area contributed by atoms with Crippen LogP contribution in [0.25, 0.3) is 11.1 Å². The molecule has 49 heavy (non-hydrogen) atoms. The summed E-state index contributed by atoms with van der Waals surface area (Å²) < 4.78 is 27.2. The number of nitrogens with zero attached hydrogens (tertiary/aromatic N) is 9. The van der Waals surface area contributed by atoms with Crippen molar-refractivity contribution in [2.75, 3.05) is 18.5 Å². The maximum absolute atomic E-state index is 6.48. The summed E-state index contributed by atoms with van der Waals surface area (Å²) in [6, 6.07) is 7.67. The van der Waals surface area contributed by atoms with Gasteiger partial charge in [0, 0.05) is 36.1 Å². The van der Waals surface area contributed by atoms with Crippen LogP contribution >= 0.6 is 11.6 Å². The molecular formula is C34H39ClN10O4. The molecule has 0 unspecified atom stereocenters. The summed E-state index contributed by atoms with van der Waals surface area (Å²) in [5, 5.41) is 12.9. The van der Waals surface area contributed by atoms with E-state index in [-0.39, 0.29) is 18.8 Å². The SMILES string of the molecule is C[C@@H](Cn1cncn1)Oc1cc(-c2cnc(Nc3cn([C@H]4CC[C@H](N5[C@@H]6CC[C@H]5COC6)CC4)nc3OCc3ncco3)nc2)ccc1Cl. The average molecular weight is 687 g/mol. The number of fused-ring (bicyclic) bond motifs is 2. The fraction of sp³-hybridized carbons (Fsp3) is 0.471. The van der Waals surface area contributed by atoms with Crippen LogP contribution in [-0.2, 0) is 17.9 Å². The van der Waals surface area contributed by atoms with Crippen molar-refractivity contribution in [3.05, 3.63) is 72.8 Å². The Morgan fingerprint density at radius 3 is 2.49 bits per heavy atom. The lowest BCUT2D eigenvalue weighted by Gasteiger charge is -2.43. The van der Waals surface area contributed by atoms with E-state index in [1.54, 1.807) is 29.6 Å². The number of oxazole rings is 1. The minimum atomic E-state index is -0.173. The summed E-state index contributed by atoms with van der Waals surface area (Å²) in [6.45, 7) is 4.40. The topological polar surface area (TPSA) is 143 Å². The molecule has 3 atom stereocenters. The molecule has 15 heteroatoms. The molecule has 1 N–H and O–H groups in total. The molecule has 2 aliphatic heterocycles. The zero-order valence-corrected chi connectivity index (χ0v) is 28.0. The number of hydrogen-bond donors (Lipinski definition) is 1. The molecule has 2 bridgehead atoms. The van der Waals surface area contributed by atoms with Crippen LogP contribution in [0.2, 0.25) is 5.02 Å². The van der Waals surface area contributed by atoms with Crippen LogP contribution in [0.15, 0.2) is 66.3 Å². The van der Waals surface area contributed by atoms with Crippen molar-refractivity contribution in [3.63, 3.8) is 0 Å². The van der Waals surface area contributed by atoms with Crippen molar-refractivity contribution < 1.29 is 18.6 Å². The van der Waals surface area contributed by atoms with Gasteiger partial charge in [-0.25, -0.2) is 24.6 Å². The maximum atomic E-state index is 6.48. The van der Waals surface area contributed by atoms with E-state index in [1.165, 1.54) is 25.4 Å². The normalized spacial score (nSPS) is 23.0. The molecule has 2 saturated heterocycles. The van der Waals surface area contributed by atoms with Crippen LogP contribution in [-0.4, -0.2) is 81.8 Å². The van der Waals surface area contributed by atoms with Crippen LogP contribution in [0, 0.1) is 0 Å². The molecular weight excluding hydrogens is 648 g/mol. The number of benzene rings is 1. The van der Waals surface area contributed by atoms with Crippen molar-refractivity contribution in [2.24, 2.45) is 0 Å². The summed E-state index contributed by atoms with van der Waals surface area (Å²) in [5.74, 6) is 1.91. The minimum Gasteiger partial charge on any atom is -0.487 e. The maximum Gasteiger partial charge on any atom is 0.257 e. The van der Waals surface area contributed by atoms with E-state index >= 15 is 0 Å². The van der Waals surface area contributed by atoms with Crippen molar-refractivity contribution in [1.29, 1.82) is 0 Å². The van der Waals surface area contributed by atoms with Crippen LogP contribution < -0.4 is 14.8 Å². The van der Waals surface area contributed by atoms with E-state index in [0.717, 1.165) is 50.0 Å². The summed E-state index contributed by atoms with van der Waals surface area (Å²) in [4.78, 5) is 20.2. The number of anilines is 2. The first-order chi connectivity index (χ1) is 24.1. The van der Waals surface area contributed by atoms with Crippen LogP contribution in [0.4, 0.5) is 11.6 Å². The Balaban J connectivity index is 0.952. The molecule has 0 spiro atoms. The van der Waals surface area contributed by atoms with Crippen LogP contribution in [0.1, 0.15) is 57.4 Å². The standard InChI is InChI=1S/C34H39ClN10O4/c1-22(15-43-21-36-20-40-43)49-31-12-23(2-9-29(31)35)24-13-38-34(39-14-24)41-30-16-44(42-33(30)48-19-32-37-10-11-47-32)25-3-5-26(6-4-25)45-27-7-8-28(45)18-46-17-27/h2,9-14,16,20-22,25-28H,3-8,15,17-19H2,1H3,(H,38,39,41)/t22-,25-,26-,27-,28+/m0/s1. The fourth-order valence-corrected chi connectivity index (χ4v) is 7.53. The second-order valence-electron chi connectivity index (χ2n) is 13.0. The molecule has 1 aromatic carbocycles. The lowest BCUT2D eigenvalue weighted by Crippen LogP contribution is -2.52. The molecule has 3 aliphatic rings. The molecule has 6 heterocycles. The predicted molar refractivity (Wildman–Crippen MR) is 180 cm³/mol. The number of nitrogens with one attached hydrogen (secondary N) is 1. The smallest absolute Gasteiger partial charge is 0.257 e. The zero-order chi connectivity index (χ0) is 33.2. The quantitative estimate of drug-likeness (QED) is 0.172. The number of hydrogen-bond acceptors (Lipinski definition) is 12. The Morgan fingerprint density at radius 2 is 1.76 bits per heavy atom. The Kier molecular flexibility index (Phi) is 9.15. The monoisotopic (exact) mass is 686 g/mol. The van der Waals surface area contributed by atoms with Crippen molar-refractivity contribution in [3.8, 4) is 22.8 Å². The van der Waals surface area contributed by atoms with Gasteiger partial charge in [0.05, 0.1) is 43.2 Å². The van der Waals surface area contributed by atoms with Gasteiger partial charge in [-0.2, -0.15) is 5.10 Å². The van der Waals surface area contributed by atoms with Crippen molar-refractivity contribution in [1.82, 2.24) is 44.4 Å². The first-order valence-corrected chi connectivity index (χ1v) is 17.3. The number of aromatic nitrogens is 8. The Morgan fingerprint density at radius 1 is 0.980 bits per heavy atom. The Bertz CT molecular complexity index is 1790. The second-order valence-corrected chi connectivity index (χ2v) is 13.4. The third kappa shape index (κ3) is 7.12. The highest BCUT2D eigenvalue weighted by molar-refractivity contribution is 6.32. The molecule has 1 saturated carbocycles. The molecule has 5 aromatic rings. The average Bonchev–Trinajstić information content (AvgIpc) is 3.94. The van der Waals surface area contributed by atoms with Gasteiger partial charge in [0.25, 0.3) is 5.88 Å². The van der Waals surface area contributed by atoms with E-state index in [2.05, 4.69) is 35.3 Å². The molecule has 0 radical (unpaired) electrons. The van der Waals surface area contributed by atoms with Gasteiger partial charge in [-0.3, -0.25) is 9.58 Å². The lowest BCUT2D eigenvalue weighted by molar-refractivity contribution is -0.0458. The second kappa shape index (κ2) is 14.1. The number of ether oxygens (including phenoxy) is 3. The Labute approximate surface area is 288 Å². The van der Waals surface area contributed by atoms with Gasteiger partial charge < -0.3 is 23.9 Å². The highest BCUT2D eigenvalue weighted by Crippen LogP contribution is 2.40. The lowest BCUT2D eigenvalue weighted by atomic mass is 9.89. The highest BCUT2D eigenvalue weighted by atomic mass is 35.5. The highest BCUT2D eigenvalue weighted by Gasteiger charge is 2.42. The summed E-state index contributed by atoms with van der Waals surface area (Å²) in [5.41, 5.74) is 2.37. The zero-order valence-electron chi connectivity index (χ0n) is 27.3. The van der Waals surface area contributed by atoms with E-state index in [9.17, 15) is 0 Å². The largest absolute Gasteiger partial charge is 0.487 e. The Hall–Kier alpha value is -4.53. The van der Waals surface area contributed by atoms with Gasteiger partial charge in [-0.15, -0.1) is 5.10 Å². The van der Waals surface area contributed by atoms with Gasteiger partial charge in [-0.05, 0) is 63.1 Å². The third-order valence-corrected chi connectivity index (χ3v) is 9.99. The molecule has 0 amide bonds. The van der Waals surface area contributed by atoms with Gasteiger partial charge in [0.1, 0.15) is 36.5 Å². The van der Waals surface area contributed by atoms with Crippen molar-refractivity contribution >= 4 is 23.2 Å². The molecule has 256 valence electrons.